The van der Waals surface area contributed by atoms with Crippen LogP contribution in [0.5, 0.6) is 0 Å². The van der Waals surface area contributed by atoms with E-state index in [0.717, 1.165) is 18.0 Å². The van der Waals surface area contributed by atoms with Crippen molar-refractivity contribution in [1.82, 2.24) is 15.1 Å². The third kappa shape index (κ3) is 3.04. The highest BCUT2D eigenvalue weighted by molar-refractivity contribution is 9.10. The van der Waals surface area contributed by atoms with Gasteiger partial charge in [-0.1, -0.05) is 6.07 Å². The molecule has 0 spiro atoms. The Balaban J connectivity index is 2.36. The average molecular weight is 348 g/mol. The quantitative estimate of drug-likeness (QED) is 0.911. The summed E-state index contributed by atoms with van der Waals surface area (Å²) in [5, 5.41) is 6.86. The fraction of sp³-hybridized carbons (Fsp3) is 0.308. The summed E-state index contributed by atoms with van der Waals surface area (Å²) in [5.41, 5.74) is 0.830. The molecule has 0 fully saturated rings. The van der Waals surface area contributed by atoms with Gasteiger partial charge in [0, 0.05) is 16.7 Å². The molecular formula is C13H13BrF3N3. The highest BCUT2D eigenvalue weighted by Crippen LogP contribution is 2.31. The van der Waals surface area contributed by atoms with Gasteiger partial charge in [-0.3, -0.25) is 0 Å². The lowest BCUT2D eigenvalue weighted by Crippen LogP contribution is -2.12. The second-order valence-electron chi connectivity index (χ2n) is 4.39. The van der Waals surface area contributed by atoms with Gasteiger partial charge in [0.05, 0.1) is 17.4 Å². The number of hydrogen-bond donors (Lipinski definition) is 1. The fourth-order valence-electron chi connectivity index (χ4n) is 1.75. The third-order valence-electron chi connectivity index (χ3n) is 3.06. The van der Waals surface area contributed by atoms with Gasteiger partial charge in [0.25, 0.3) is 0 Å². The first-order chi connectivity index (χ1) is 9.32. The van der Waals surface area contributed by atoms with Crippen LogP contribution in [0, 0.1) is 0 Å². The van der Waals surface area contributed by atoms with Crippen molar-refractivity contribution in [2.45, 2.75) is 19.1 Å². The van der Waals surface area contributed by atoms with E-state index in [1.165, 1.54) is 4.68 Å². The molecule has 1 aromatic carbocycles. The van der Waals surface area contributed by atoms with Crippen molar-refractivity contribution in [2.75, 3.05) is 7.05 Å². The molecule has 0 aliphatic heterocycles. The van der Waals surface area contributed by atoms with Crippen LogP contribution in [-0.4, -0.2) is 16.8 Å². The summed E-state index contributed by atoms with van der Waals surface area (Å²) in [6.45, 7) is 2.00. The topological polar surface area (TPSA) is 29.9 Å². The van der Waals surface area contributed by atoms with Crippen molar-refractivity contribution in [3.05, 3.63) is 46.2 Å². The highest BCUT2D eigenvalue weighted by Gasteiger charge is 2.32. The molecular weight excluding hydrogens is 335 g/mol. The molecule has 108 valence electrons. The summed E-state index contributed by atoms with van der Waals surface area (Å²) in [7, 11) is 1.84. The van der Waals surface area contributed by atoms with E-state index in [-0.39, 0.29) is 6.04 Å². The predicted octanol–water partition coefficient (Wildman–Crippen LogP) is 3.93. The summed E-state index contributed by atoms with van der Waals surface area (Å²) in [6.07, 6.45) is -2.59. The standard InChI is InChI=1S/C13H13BrF3N3/c1-8(18-2)9-3-4-12(11(14)5-9)20-7-10(6-19-20)13(15,16)17/h3-8,18H,1-2H3. The lowest BCUT2D eigenvalue weighted by atomic mass is 10.1. The Kier molecular flexibility index (Phi) is 4.19. The normalized spacial score (nSPS) is 13.5. The Morgan fingerprint density at radius 1 is 1.35 bits per heavy atom. The van der Waals surface area contributed by atoms with Crippen LogP contribution in [0.15, 0.2) is 35.1 Å². The molecule has 0 saturated carbocycles. The van der Waals surface area contributed by atoms with E-state index in [9.17, 15) is 13.2 Å². The summed E-state index contributed by atoms with van der Waals surface area (Å²) in [5.74, 6) is 0. The molecule has 0 aliphatic carbocycles. The zero-order valence-electron chi connectivity index (χ0n) is 10.9. The Labute approximate surface area is 122 Å². The van der Waals surface area contributed by atoms with Crippen molar-refractivity contribution in [3.63, 3.8) is 0 Å². The van der Waals surface area contributed by atoms with Gasteiger partial charge in [0.2, 0.25) is 0 Å². The van der Waals surface area contributed by atoms with Gasteiger partial charge in [-0.2, -0.15) is 18.3 Å². The van der Waals surface area contributed by atoms with Gasteiger partial charge in [0.1, 0.15) is 0 Å². The summed E-state index contributed by atoms with van der Waals surface area (Å²) in [6, 6.07) is 5.62. The maximum Gasteiger partial charge on any atom is 0.419 e. The molecule has 2 aromatic rings. The minimum Gasteiger partial charge on any atom is -0.313 e. The number of rotatable bonds is 3. The Hall–Kier alpha value is -1.34. The zero-order chi connectivity index (χ0) is 14.9. The van der Waals surface area contributed by atoms with Gasteiger partial charge < -0.3 is 5.32 Å². The Bertz CT molecular complexity index is 607. The minimum absolute atomic E-state index is 0.156. The molecule has 20 heavy (non-hydrogen) atoms. The Morgan fingerprint density at radius 2 is 2.05 bits per heavy atom. The molecule has 0 aliphatic rings. The molecule has 0 saturated heterocycles. The molecule has 2 rings (SSSR count). The summed E-state index contributed by atoms with van der Waals surface area (Å²) < 4.78 is 39.6. The van der Waals surface area contributed by atoms with Crippen molar-refractivity contribution in [1.29, 1.82) is 0 Å². The van der Waals surface area contributed by atoms with E-state index < -0.39 is 11.7 Å². The maximum atomic E-state index is 12.6. The smallest absolute Gasteiger partial charge is 0.313 e. The second-order valence-corrected chi connectivity index (χ2v) is 5.25. The number of alkyl halides is 3. The van der Waals surface area contributed by atoms with Gasteiger partial charge in [-0.05, 0) is 47.6 Å². The number of halogens is 4. The highest BCUT2D eigenvalue weighted by atomic mass is 79.9. The fourth-order valence-corrected chi connectivity index (χ4v) is 2.32. The van der Waals surface area contributed by atoms with Crippen LogP contribution in [0.4, 0.5) is 13.2 Å². The van der Waals surface area contributed by atoms with Crippen LogP contribution in [-0.2, 0) is 6.18 Å². The van der Waals surface area contributed by atoms with Crippen LogP contribution in [0.25, 0.3) is 5.69 Å². The largest absolute Gasteiger partial charge is 0.419 e. The van der Waals surface area contributed by atoms with E-state index in [2.05, 4.69) is 26.3 Å². The maximum absolute atomic E-state index is 12.6. The van der Waals surface area contributed by atoms with Crippen LogP contribution in [0.2, 0.25) is 0 Å². The van der Waals surface area contributed by atoms with Crippen LogP contribution in [0.1, 0.15) is 24.1 Å². The SMILES string of the molecule is CNC(C)c1ccc(-n2cc(C(F)(F)F)cn2)c(Br)c1. The van der Waals surface area contributed by atoms with E-state index >= 15 is 0 Å². The lowest BCUT2D eigenvalue weighted by Gasteiger charge is -2.13. The molecule has 1 heterocycles. The molecule has 1 atom stereocenters. The number of nitrogens with one attached hydrogen (secondary N) is 1. The minimum atomic E-state index is -4.38. The first kappa shape index (κ1) is 15.1. The van der Waals surface area contributed by atoms with Crippen LogP contribution < -0.4 is 5.32 Å². The summed E-state index contributed by atoms with van der Waals surface area (Å²) >= 11 is 3.37. The lowest BCUT2D eigenvalue weighted by molar-refractivity contribution is -0.137. The van der Waals surface area contributed by atoms with Crippen molar-refractivity contribution >= 4 is 15.9 Å². The first-order valence-electron chi connectivity index (χ1n) is 5.92. The average Bonchev–Trinajstić information content (AvgIpc) is 2.87. The van der Waals surface area contributed by atoms with Crippen molar-refractivity contribution in [3.8, 4) is 5.69 Å². The van der Waals surface area contributed by atoms with Crippen molar-refractivity contribution in [2.24, 2.45) is 0 Å². The number of aromatic nitrogens is 2. The van der Waals surface area contributed by atoms with E-state index in [1.807, 2.05) is 26.1 Å². The van der Waals surface area contributed by atoms with E-state index in [4.69, 9.17) is 0 Å². The number of benzene rings is 1. The van der Waals surface area contributed by atoms with E-state index in [0.29, 0.717) is 10.2 Å². The summed E-state index contributed by atoms with van der Waals surface area (Å²) in [4.78, 5) is 0. The third-order valence-corrected chi connectivity index (χ3v) is 3.70. The van der Waals surface area contributed by atoms with Gasteiger partial charge in [-0.25, -0.2) is 4.68 Å². The molecule has 7 heteroatoms. The molecule has 1 aromatic heterocycles. The first-order valence-corrected chi connectivity index (χ1v) is 6.71. The molecule has 0 amide bonds. The number of hydrogen-bond acceptors (Lipinski definition) is 2. The zero-order valence-corrected chi connectivity index (χ0v) is 12.5. The number of nitrogens with zero attached hydrogens (tertiary/aromatic N) is 2. The van der Waals surface area contributed by atoms with Gasteiger partial charge in [0.15, 0.2) is 0 Å². The van der Waals surface area contributed by atoms with Gasteiger partial charge in [-0.15, -0.1) is 0 Å². The van der Waals surface area contributed by atoms with Gasteiger partial charge >= 0.3 is 6.18 Å². The van der Waals surface area contributed by atoms with E-state index in [1.54, 1.807) is 6.07 Å². The molecule has 3 nitrogen and oxygen atoms in total. The molecule has 1 N–H and O–H groups in total. The predicted molar refractivity (Wildman–Crippen MR) is 73.7 cm³/mol. The second kappa shape index (κ2) is 5.57. The molecule has 0 bridgehead atoms. The molecule has 0 radical (unpaired) electrons. The van der Waals surface area contributed by atoms with Crippen LogP contribution in [0.3, 0.4) is 0 Å². The van der Waals surface area contributed by atoms with Crippen LogP contribution >= 0.6 is 15.9 Å². The van der Waals surface area contributed by atoms with Crippen molar-refractivity contribution < 1.29 is 13.2 Å². The molecule has 1 unspecified atom stereocenters. The Morgan fingerprint density at radius 3 is 2.55 bits per heavy atom. The monoisotopic (exact) mass is 347 g/mol.